The topological polar surface area (TPSA) is 57.0 Å². The maximum absolute atomic E-state index is 13.4. The number of ether oxygens (including phenoxy) is 1. The molecular formula is C17H13ClFN3O2S. The van der Waals surface area contributed by atoms with Gasteiger partial charge < -0.3 is 4.74 Å². The van der Waals surface area contributed by atoms with E-state index in [1.54, 1.807) is 31.2 Å². The van der Waals surface area contributed by atoms with Gasteiger partial charge in [0.2, 0.25) is 0 Å². The molecule has 1 aromatic carbocycles. The number of benzene rings is 1. The fourth-order valence-electron chi connectivity index (χ4n) is 2.11. The first kappa shape index (κ1) is 17.4. The highest BCUT2D eigenvalue weighted by Gasteiger charge is 2.18. The van der Waals surface area contributed by atoms with Gasteiger partial charge in [0.25, 0.3) is 0 Å². The summed E-state index contributed by atoms with van der Waals surface area (Å²) in [7, 11) is 0. The Bertz CT molecular complexity index is 916. The Balaban J connectivity index is 2.05. The fraction of sp³-hybridized carbons (Fsp3) is 0.118. The van der Waals surface area contributed by atoms with Crippen LogP contribution in [0.2, 0.25) is 5.02 Å². The predicted octanol–water partition coefficient (Wildman–Crippen LogP) is 4.39. The summed E-state index contributed by atoms with van der Waals surface area (Å²) in [6.07, 6.45) is 2.65. The van der Waals surface area contributed by atoms with Crippen LogP contribution in [0, 0.1) is 5.82 Å². The first-order valence-electron chi connectivity index (χ1n) is 7.39. The monoisotopic (exact) mass is 377 g/mol. The molecular weight excluding hydrogens is 365 g/mol. The molecule has 0 N–H and O–H groups in total. The predicted molar refractivity (Wildman–Crippen MR) is 92.8 cm³/mol. The molecule has 0 fully saturated rings. The number of carbonyl (C=O) groups excluding carboxylic acids is 1. The minimum Gasteiger partial charge on any atom is -0.461 e. The number of hydrogen-bond acceptors (Lipinski definition) is 5. The summed E-state index contributed by atoms with van der Waals surface area (Å²) < 4.78 is 19.9. The third-order valence-corrected chi connectivity index (χ3v) is 4.42. The second kappa shape index (κ2) is 7.67. The second-order valence-electron chi connectivity index (χ2n) is 4.89. The zero-order valence-electron chi connectivity index (χ0n) is 13.1. The van der Waals surface area contributed by atoms with Gasteiger partial charge in [0.05, 0.1) is 23.5 Å². The van der Waals surface area contributed by atoms with Crippen molar-refractivity contribution in [3.05, 3.63) is 65.3 Å². The van der Waals surface area contributed by atoms with E-state index in [4.69, 9.17) is 16.3 Å². The molecule has 0 radical (unpaired) electrons. The Morgan fingerprint density at radius 3 is 2.84 bits per heavy atom. The largest absolute Gasteiger partial charge is 0.461 e. The molecule has 0 unspecified atom stereocenters. The van der Waals surface area contributed by atoms with Crippen molar-refractivity contribution in [1.29, 1.82) is 0 Å². The minimum atomic E-state index is -0.535. The van der Waals surface area contributed by atoms with Crippen LogP contribution >= 0.6 is 23.4 Å². The summed E-state index contributed by atoms with van der Waals surface area (Å²) in [5.74, 6) is -0.980. The van der Waals surface area contributed by atoms with E-state index in [1.165, 1.54) is 28.7 Å². The molecule has 8 heteroatoms. The molecule has 0 atom stereocenters. The number of para-hydroxylation sites is 1. The van der Waals surface area contributed by atoms with Crippen LogP contribution in [0.5, 0.6) is 0 Å². The molecule has 2 heterocycles. The summed E-state index contributed by atoms with van der Waals surface area (Å²) in [4.78, 5) is 16.4. The lowest BCUT2D eigenvalue weighted by Crippen LogP contribution is -2.07. The number of aromatic nitrogens is 3. The molecule has 128 valence electrons. The Morgan fingerprint density at radius 1 is 1.32 bits per heavy atom. The highest BCUT2D eigenvalue weighted by atomic mass is 35.5. The number of halogens is 2. The van der Waals surface area contributed by atoms with E-state index in [2.05, 4.69) is 10.1 Å². The van der Waals surface area contributed by atoms with Crippen LogP contribution in [0.25, 0.3) is 5.69 Å². The quantitative estimate of drug-likeness (QED) is 0.617. The average Bonchev–Trinajstić information content (AvgIpc) is 2.99. The van der Waals surface area contributed by atoms with Crippen molar-refractivity contribution in [3.63, 3.8) is 0 Å². The van der Waals surface area contributed by atoms with E-state index in [0.29, 0.717) is 20.6 Å². The lowest BCUT2D eigenvalue weighted by molar-refractivity contribution is 0.0519. The van der Waals surface area contributed by atoms with Crippen LogP contribution in [0.3, 0.4) is 0 Å². The van der Waals surface area contributed by atoms with Crippen molar-refractivity contribution in [2.24, 2.45) is 0 Å². The van der Waals surface area contributed by atoms with Gasteiger partial charge in [0.15, 0.2) is 5.69 Å². The van der Waals surface area contributed by atoms with E-state index in [0.717, 1.165) is 6.20 Å². The molecule has 0 spiro atoms. The lowest BCUT2D eigenvalue weighted by atomic mass is 10.3. The average molecular weight is 378 g/mol. The standard InChI is InChI=1S/C17H13ClFN3O2S/c1-2-24-17(23)14-8-16(25-12-7-11(19)9-20-10-12)22(21-14)15-6-4-3-5-13(15)18/h3-10H,2H2,1H3. The SMILES string of the molecule is CCOC(=O)c1cc(Sc2cncc(F)c2)n(-c2ccccc2Cl)n1. The van der Waals surface area contributed by atoms with Crippen molar-refractivity contribution < 1.29 is 13.9 Å². The number of carbonyl (C=O) groups is 1. The summed E-state index contributed by atoms with van der Waals surface area (Å²) in [6.45, 7) is 1.96. The van der Waals surface area contributed by atoms with Crippen LogP contribution in [0.15, 0.2) is 58.7 Å². The van der Waals surface area contributed by atoms with Crippen molar-refractivity contribution in [1.82, 2.24) is 14.8 Å². The van der Waals surface area contributed by atoms with Crippen molar-refractivity contribution in [2.45, 2.75) is 16.8 Å². The molecule has 0 aliphatic rings. The highest BCUT2D eigenvalue weighted by Crippen LogP contribution is 2.32. The third kappa shape index (κ3) is 4.00. The zero-order chi connectivity index (χ0) is 17.8. The Kier molecular flexibility index (Phi) is 5.35. The maximum atomic E-state index is 13.4. The van der Waals surface area contributed by atoms with Gasteiger partial charge in [-0.25, -0.2) is 13.9 Å². The van der Waals surface area contributed by atoms with Gasteiger partial charge >= 0.3 is 5.97 Å². The van der Waals surface area contributed by atoms with Crippen LogP contribution < -0.4 is 0 Å². The van der Waals surface area contributed by atoms with Gasteiger partial charge in [-0.3, -0.25) is 4.98 Å². The van der Waals surface area contributed by atoms with E-state index in [-0.39, 0.29) is 12.3 Å². The number of hydrogen-bond donors (Lipinski definition) is 0. The molecule has 0 amide bonds. The Hall–Kier alpha value is -2.38. The Morgan fingerprint density at radius 2 is 2.12 bits per heavy atom. The fourth-order valence-corrected chi connectivity index (χ4v) is 3.25. The van der Waals surface area contributed by atoms with Gasteiger partial charge in [-0.15, -0.1) is 0 Å². The van der Waals surface area contributed by atoms with Crippen LogP contribution in [-0.4, -0.2) is 27.3 Å². The van der Waals surface area contributed by atoms with Crippen molar-refractivity contribution >= 4 is 29.3 Å². The molecule has 0 aliphatic heterocycles. The van der Waals surface area contributed by atoms with Gasteiger partial charge in [-0.2, -0.15) is 5.10 Å². The van der Waals surface area contributed by atoms with Crippen molar-refractivity contribution in [3.8, 4) is 5.69 Å². The zero-order valence-corrected chi connectivity index (χ0v) is 14.7. The number of rotatable bonds is 5. The van der Waals surface area contributed by atoms with Gasteiger partial charge in [-0.05, 0) is 25.1 Å². The lowest BCUT2D eigenvalue weighted by Gasteiger charge is -2.08. The third-order valence-electron chi connectivity index (χ3n) is 3.14. The molecule has 3 aromatic rings. The molecule has 25 heavy (non-hydrogen) atoms. The van der Waals surface area contributed by atoms with Gasteiger partial charge in [0, 0.05) is 17.2 Å². The summed E-state index contributed by atoms with van der Waals surface area (Å²) >= 11 is 7.47. The first-order valence-corrected chi connectivity index (χ1v) is 8.58. The number of nitrogens with zero attached hydrogens (tertiary/aromatic N) is 3. The summed E-state index contributed by atoms with van der Waals surface area (Å²) in [5.41, 5.74) is 0.750. The highest BCUT2D eigenvalue weighted by molar-refractivity contribution is 7.99. The van der Waals surface area contributed by atoms with Gasteiger partial charge in [0.1, 0.15) is 10.8 Å². The molecule has 0 aliphatic carbocycles. The maximum Gasteiger partial charge on any atom is 0.358 e. The first-order chi connectivity index (χ1) is 12.1. The second-order valence-corrected chi connectivity index (χ2v) is 6.39. The van der Waals surface area contributed by atoms with E-state index < -0.39 is 11.8 Å². The van der Waals surface area contributed by atoms with E-state index in [1.807, 2.05) is 6.07 Å². The number of esters is 1. The van der Waals surface area contributed by atoms with E-state index in [9.17, 15) is 9.18 Å². The molecule has 3 rings (SSSR count). The molecule has 0 saturated heterocycles. The normalized spacial score (nSPS) is 10.7. The summed E-state index contributed by atoms with van der Waals surface area (Å²) in [5, 5.41) is 5.36. The van der Waals surface area contributed by atoms with Crippen molar-refractivity contribution in [2.75, 3.05) is 6.61 Å². The molecule has 0 saturated carbocycles. The van der Waals surface area contributed by atoms with Crippen LogP contribution in [-0.2, 0) is 4.74 Å². The van der Waals surface area contributed by atoms with Crippen LogP contribution in [0.4, 0.5) is 4.39 Å². The summed E-state index contributed by atoms with van der Waals surface area (Å²) in [6, 6.07) is 10.0. The molecule has 2 aromatic heterocycles. The molecule has 5 nitrogen and oxygen atoms in total. The Labute approximate surface area is 152 Å². The van der Waals surface area contributed by atoms with Crippen LogP contribution in [0.1, 0.15) is 17.4 Å². The smallest absolute Gasteiger partial charge is 0.358 e. The van der Waals surface area contributed by atoms with E-state index >= 15 is 0 Å². The van der Waals surface area contributed by atoms with Gasteiger partial charge in [-0.1, -0.05) is 35.5 Å². The minimum absolute atomic E-state index is 0.147. The molecule has 0 bridgehead atoms. The number of pyridine rings is 1.